The molecule has 2 bridgehead atoms. The van der Waals surface area contributed by atoms with Crippen molar-refractivity contribution in [2.75, 3.05) is 5.75 Å². The molecule has 1 aromatic carbocycles. The lowest BCUT2D eigenvalue weighted by Crippen LogP contribution is -2.54. The van der Waals surface area contributed by atoms with E-state index in [1.54, 1.807) is 6.92 Å². The van der Waals surface area contributed by atoms with Gasteiger partial charge in [0.2, 0.25) is 5.91 Å². The number of benzene rings is 1. The maximum absolute atomic E-state index is 13.0. The third-order valence-electron chi connectivity index (χ3n) is 5.78. The largest absolute Gasteiger partial charge is 0.353 e. The van der Waals surface area contributed by atoms with Crippen molar-refractivity contribution in [1.82, 2.24) is 5.32 Å². The zero-order chi connectivity index (χ0) is 18.9. The Morgan fingerprint density at radius 3 is 2.38 bits per heavy atom. The maximum atomic E-state index is 13.0. The van der Waals surface area contributed by atoms with E-state index in [9.17, 15) is 17.6 Å². The molecule has 2 saturated carbocycles. The summed E-state index contributed by atoms with van der Waals surface area (Å²) < 4.78 is 37.9. The van der Waals surface area contributed by atoms with Gasteiger partial charge in [-0.05, 0) is 61.8 Å². The van der Waals surface area contributed by atoms with Gasteiger partial charge < -0.3 is 11.1 Å². The van der Waals surface area contributed by atoms with E-state index in [0.717, 1.165) is 37.8 Å². The number of halogens is 1. The summed E-state index contributed by atoms with van der Waals surface area (Å²) in [4.78, 5) is 12.7. The van der Waals surface area contributed by atoms with E-state index in [2.05, 4.69) is 5.32 Å². The van der Waals surface area contributed by atoms with Crippen molar-refractivity contribution >= 4 is 15.7 Å². The number of hydrogen-bond acceptors (Lipinski definition) is 4. The van der Waals surface area contributed by atoms with Crippen molar-refractivity contribution in [2.45, 2.75) is 56.0 Å². The van der Waals surface area contributed by atoms with Crippen LogP contribution in [0.1, 0.15) is 39.0 Å². The second-order valence-corrected chi connectivity index (χ2v) is 9.89. The molecule has 144 valence electrons. The number of amides is 1. The number of carbonyl (C=O) groups is 1. The number of fused-ring (bicyclic) bond motifs is 2. The van der Waals surface area contributed by atoms with Gasteiger partial charge in [-0.2, -0.15) is 0 Å². The van der Waals surface area contributed by atoms with Crippen LogP contribution in [-0.4, -0.2) is 32.2 Å². The van der Waals surface area contributed by atoms with Crippen LogP contribution in [-0.2, 0) is 14.6 Å². The van der Waals surface area contributed by atoms with Gasteiger partial charge in [0.05, 0.1) is 10.6 Å². The molecule has 1 amide bonds. The lowest BCUT2D eigenvalue weighted by Gasteiger charge is -2.45. The predicted octanol–water partition coefficient (Wildman–Crippen LogP) is 2.26. The number of rotatable bonds is 5. The fraction of sp³-hybridized carbons (Fsp3) is 0.632. The van der Waals surface area contributed by atoms with Crippen molar-refractivity contribution in [3.05, 3.63) is 30.1 Å². The highest BCUT2D eigenvalue weighted by molar-refractivity contribution is 7.91. The van der Waals surface area contributed by atoms with E-state index in [4.69, 9.17) is 5.73 Å². The lowest BCUT2D eigenvalue weighted by molar-refractivity contribution is -0.126. The third kappa shape index (κ3) is 4.26. The molecule has 2 fully saturated rings. The zero-order valence-electron chi connectivity index (χ0n) is 15.0. The van der Waals surface area contributed by atoms with Crippen LogP contribution >= 0.6 is 0 Å². The Bertz CT molecular complexity index is 737. The molecule has 0 heterocycles. The van der Waals surface area contributed by atoms with Gasteiger partial charge in [-0.1, -0.05) is 13.3 Å². The minimum Gasteiger partial charge on any atom is -0.353 e. The molecule has 0 aromatic heterocycles. The van der Waals surface area contributed by atoms with Crippen LogP contribution in [0.2, 0.25) is 0 Å². The van der Waals surface area contributed by atoms with Crippen molar-refractivity contribution in [3.8, 4) is 0 Å². The van der Waals surface area contributed by atoms with E-state index < -0.39 is 21.6 Å². The van der Waals surface area contributed by atoms with Gasteiger partial charge in [-0.15, -0.1) is 0 Å². The molecule has 26 heavy (non-hydrogen) atoms. The monoisotopic (exact) mass is 382 g/mol. The Labute approximate surface area is 154 Å². The first-order valence-electron chi connectivity index (χ1n) is 9.30. The summed E-state index contributed by atoms with van der Waals surface area (Å²) in [5.41, 5.74) is 6.12. The molecule has 3 rings (SSSR count). The highest BCUT2D eigenvalue weighted by Gasteiger charge is 2.40. The summed E-state index contributed by atoms with van der Waals surface area (Å²) in [7, 11) is -3.64. The van der Waals surface area contributed by atoms with Crippen molar-refractivity contribution in [2.24, 2.45) is 23.5 Å². The van der Waals surface area contributed by atoms with Crippen molar-refractivity contribution in [3.63, 3.8) is 0 Å². The fourth-order valence-electron chi connectivity index (χ4n) is 4.47. The van der Waals surface area contributed by atoms with Gasteiger partial charge in [-0.25, -0.2) is 12.8 Å². The van der Waals surface area contributed by atoms with E-state index >= 15 is 0 Å². The average molecular weight is 383 g/mol. The lowest BCUT2D eigenvalue weighted by atomic mass is 9.67. The quantitative estimate of drug-likeness (QED) is 0.765. The van der Waals surface area contributed by atoms with Crippen molar-refractivity contribution < 1.29 is 17.6 Å². The summed E-state index contributed by atoms with van der Waals surface area (Å²) in [5.74, 6) is -0.887. The number of nitrogens with two attached hydrogens (primary N) is 1. The highest BCUT2D eigenvalue weighted by Crippen LogP contribution is 2.39. The molecule has 0 aliphatic heterocycles. The smallest absolute Gasteiger partial charge is 0.224 e. The summed E-state index contributed by atoms with van der Waals surface area (Å²) in [6.45, 7) is 1.63. The minimum atomic E-state index is -3.64. The normalized spacial score (nSPS) is 29.8. The first-order valence-corrected chi connectivity index (χ1v) is 11.0. The molecule has 2 aliphatic rings. The number of carbonyl (C=O) groups excluding carboxylic acids is 1. The van der Waals surface area contributed by atoms with Gasteiger partial charge in [0, 0.05) is 18.0 Å². The first-order chi connectivity index (χ1) is 12.3. The topological polar surface area (TPSA) is 89.3 Å². The molecule has 3 atom stereocenters. The molecular formula is C19H27FN2O3S. The second kappa shape index (κ2) is 7.64. The Balaban J connectivity index is 1.63. The van der Waals surface area contributed by atoms with Crippen LogP contribution < -0.4 is 11.1 Å². The van der Waals surface area contributed by atoms with Gasteiger partial charge in [-0.3, -0.25) is 4.79 Å². The molecular weight excluding hydrogens is 355 g/mol. The Kier molecular flexibility index (Phi) is 5.67. The van der Waals surface area contributed by atoms with Crippen molar-refractivity contribution in [1.29, 1.82) is 0 Å². The molecule has 1 aromatic rings. The van der Waals surface area contributed by atoms with Gasteiger partial charge >= 0.3 is 0 Å². The predicted molar refractivity (Wildman–Crippen MR) is 97.6 cm³/mol. The molecule has 0 spiro atoms. The summed E-state index contributed by atoms with van der Waals surface area (Å²) in [6, 6.07) is 5.01. The second-order valence-electron chi connectivity index (χ2n) is 7.85. The third-order valence-corrected chi connectivity index (χ3v) is 7.70. The summed E-state index contributed by atoms with van der Waals surface area (Å²) in [6.07, 6.45) is 5.14. The van der Waals surface area contributed by atoms with Gasteiger partial charge in [0.25, 0.3) is 0 Å². The number of sulfone groups is 1. The average Bonchev–Trinajstić information content (AvgIpc) is 2.55. The Morgan fingerprint density at radius 2 is 1.81 bits per heavy atom. The molecule has 0 saturated heterocycles. The molecule has 2 aliphatic carbocycles. The van der Waals surface area contributed by atoms with E-state index in [-0.39, 0.29) is 28.6 Å². The molecule has 3 unspecified atom stereocenters. The standard InChI is InChI=1S/C19H27FN2O3S/c1-12(11-26(24,25)17-7-5-15(20)6-8-17)19(23)22-18-13-3-2-4-14(18)10-16(21)9-13/h5-8,12-14,16,18H,2-4,9-11,21H2,1H3,(H,22,23). The van der Waals surface area contributed by atoms with E-state index in [1.165, 1.54) is 18.6 Å². The Hall–Kier alpha value is -1.47. The van der Waals surface area contributed by atoms with E-state index in [0.29, 0.717) is 11.8 Å². The number of nitrogens with one attached hydrogen (secondary N) is 1. The molecule has 3 N–H and O–H groups in total. The highest BCUT2D eigenvalue weighted by atomic mass is 32.2. The fourth-order valence-corrected chi connectivity index (χ4v) is 6.03. The van der Waals surface area contributed by atoms with Gasteiger partial charge in [0.15, 0.2) is 9.84 Å². The van der Waals surface area contributed by atoms with Crippen LogP contribution in [0.3, 0.4) is 0 Å². The summed E-state index contributed by atoms with van der Waals surface area (Å²) in [5, 5.41) is 3.11. The van der Waals surface area contributed by atoms with Crippen LogP contribution in [0.15, 0.2) is 29.2 Å². The van der Waals surface area contributed by atoms with Crippen LogP contribution in [0.4, 0.5) is 4.39 Å². The molecule has 5 nitrogen and oxygen atoms in total. The van der Waals surface area contributed by atoms with Crippen LogP contribution in [0, 0.1) is 23.6 Å². The van der Waals surface area contributed by atoms with Gasteiger partial charge in [0.1, 0.15) is 5.82 Å². The minimum absolute atomic E-state index is 0.0408. The summed E-state index contributed by atoms with van der Waals surface area (Å²) >= 11 is 0. The molecule has 0 radical (unpaired) electrons. The molecule has 7 heteroatoms. The SMILES string of the molecule is CC(CS(=O)(=O)c1ccc(F)cc1)C(=O)NC1C2CCCC1CC(N)C2. The first kappa shape index (κ1) is 19.3. The van der Waals surface area contributed by atoms with E-state index in [1.807, 2.05) is 0 Å². The maximum Gasteiger partial charge on any atom is 0.224 e. The zero-order valence-corrected chi connectivity index (χ0v) is 15.8. The van der Waals surface area contributed by atoms with Crippen LogP contribution in [0.25, 0.3) is 0 Å². The number of hydrogen-bond donors (Lipinski definition) is 2. The van der Waals surface area contributed by atoms with Crippen LogP contribution in [0.5, 0.6) is 0 Å². The Morgan fingerprint density at radius 1 is 1.23 bits per heavy atom.